The van der Waals surface area contributed by atoms with Gasteiger partial charge in [0.05, 0.1) is 0 Å². The molecule has 1 aromatic heterocycles. The lowest BCUT2D eigenvalue weighted by Crippen LogP contribution is -2.12. The first-order valence-electron chi connectivity index (χ1n) is 6.13. The van der Waals surface area contributed by atoms with Crippen LogP contribution < -0.4 is 10.5 Å². The van der Waals surface area contributed by atoms with Gasteiger partial charge in [-0.1, -0.05) is 15.9 Å². The molecule has 0 fully saturated rings. The zero-order chi connectivity index (χ0) is 14.8. The second-order valence-corrected chi connectivity index (χ2v) is 6.87. The van der Waals surface area contributed by atoms with Gasteiger partial charge in [0.15, 0.2) is 0 Å². The van der Waals surface area contributed by atoms with Gasteiger partial charge in [0.1, 0.15) is 4.90 Å². The van der Waals surface area contributed by atoms with Gasteiger partial charge in [-0.3, -0.25) is 4.72 Å². The second-order valence-electron chi connectivity index (χ2n) is 4.27. The fraction of sp³-hybridized carbons (Fsp3) is 0.231. The predicted molar refractivity (Wildman–Crippen MR) is 82.9 cm³/mol. The summed E-state index contributed by atoms with van der Waals surface area (Å²) >= 11 is 3.31. The van der Waals surface area contributed by atoms with Crippen LogP contribution in [0.15, 0.2) is 45.9 Å². The molecule has 1 heterocycles. The number of nitrogens with one attached hydrogen (secondary N) is 1. The first kappa shape index (κ1) is 15.1. The van der Waals surface area contributed by atoms with E-state index < -0.39 is 10.0 Å². The Kier molecular flexibility index (Phi) is 4.52. The Balaban J connectivity index is 2.30. The standard InChI is InChI=1S/C13H16BrN3O2S/c1-2-17-9-13(7-12(17)8-15)20(18,19)16-11-5-3-10(14)4-6-11/h3-7,9,16H,2,8,15H2,1H3. The highest BCUT2D eigenvalue weighted by atomic mass is 79.9. The van der Waals surface area contributed by atoms with Gasteiger partial charge in [-0.25, -0.2) is 8.42 Å². The van der Waals surface area contributed by atoms with Crippen molar-refractivity contribution < 1.29 is 8.42 Å². The number of aromatic nitrogens is 1. The molecule has 0 aliphatic carbocycles. The van der Waals surface area contributed by atoms with Crippen molar-refractivity contribution in [2.45, 2.75) is 24.9 Å². The molecule has 2 aromatic rings. The number of benzene rings is 1. The van der Waals surface area contributed by atoms with E-state index in [1.54, 1.807) is 36.5 Å². The lowest BCUT2D eigenvalue weighted by Gasteiger charge is -2.06. The van der Waals surface area contributed by atoms with E-state index in [1.165, 1.54) is 0 Å². The smallest absolute Gasteiger partial charge is 0.263 e. The van der Waals surface area contributed by atoms with Crippen LogP contribution in [-0.4, -0.2) is 13.0 Å². The molecule has 0 saturated carbocycles. The van der Waals surface area contributed by atoms with Gasteiger partial charge < -0.3 is 10.3 Å². The zero-order valence-corrected chi connectivity index (χ0v) is 13.4. The number of hydrogen-bond acceptors (Lipinski definition) is 3. The van der Waals surface area contributed by atoms with Crippen LogP contribution in [0.3, 0.4) is 0 Å². The van der Waals surface area contributed by atoms with E-state index in [-0.39, 0.29) is 4.90 Å². The van der Waals surface area contributed by atoms with Gasteiger partial charge >= 0.3 is 0 Å². The first-order chi connectivity index (χ1) is 9.46. The molecule has 3 N–H and O–H groups in total. The van der Waals surface area contributed by atoms with E-state index in [4.69, 9.17) is 5.73 Å². The molecular formula is C13H16BrN3O2S. The minimum Gasteiger partial charge on any atom is -0.349 e. The largest absolute Gasteiger partial charge is 0.349 e. The summed E-state index contributed by atoms with van der Waals surface area (Å²) in [5.41, 5.74) is 6.93. The topological polar surface area (TPSA) is 77.1 Å². The number of sulfonamides is 1. The van der Waals surface area contributed by atoms with Gasteiger partial charge in [-0.15, -0.1) is 0 Å². The van der Waals surface area contributed by atoms with E-state index in [0.717, 1.165) is 10.2 Å². The van der Waals surface area contributed by atoms with Crippen LogP contribution in [0.5, 0.6) is 0 Å². The lowest BCUT2D eigenvalue weighted by atomic mass is 10.3. The van der Waals surface area contributed by atoms with E-state index in [1.807, 2.05) is 11.5 Å². The summed E-state index contributed by atoms with van der Waals surface area (Å²) in [6.45, 7) is 2.93. The number of nitrogens with zero attached hydrogens (tertiary/aromatic N) is 1. The van der Waals surface area contributed by atoms with E-state index in [9.17, 15) is 8.42 Å². The maximum Gasteiger partial charge on any atom is 0.263 e. The van der Waals surface area contributed by atoms with Crippen molar-refractivity contribution in [3.05, 3.63) is 46.7 Å². The molecule has 0 saturated heterocycles. The predicted octanol–water partition coefficient (Wildman–Crippen LogP) is 2.53. The number of hydrogen-bond donors (Lipinski definition) is 2. The third kappa shape index (κ3) is 3.23. The Hall–Kier alpha value is -1.31. The molecule has 0 spiro atoms. The molecule has 0 aliphatic rings. The molecule has 20 heavy (non-hydrogen) atoms. The SMILES string of the molecule is CCn1cc(S(=O)(=O)Nc2ccc(Br)cc2)cc1CN. The molecule has 1 aromatic carbocycles. The van der Waals surface area contributed by atoms with Gasteiger partial charge in [-0.2, -0.15) is 0 Å². The third-order valence-electron chi connectivity index (χ3n) is 2.92. The molecule has 0 aliphatic heterocycles. The second kappa shape index (κ2) is 5.99. The van der Waals surface area contributed by atoms with Crippen molar-refractivity contribution in [3.8, 4) is 0 Å². The normalized spacial score (nSPS) is 11.6. The summed E-state index contributed by atoms with van der Waals surface area (Å²) < 4.78 is 29.9. The van der Waals surface area contributed by atoms with Crippen molar-refractivity contribution in [3.63, 3.8) is 0 Å². The van der Waals surface area contributed by atoms with Gasteiger partial charge in [-0.05, 0) is 37.3 Å². The zero-order valence-electron chi connectivity index (χ0n) is 11.0. The number of halogens is 1. The average Bonchev–Trinajstić information content (AvgIpc) is 2.85. The summed E-state index contributed by atoms with van der Waals surface area (Å²) in [6.07, 6.45) is 1.60. The molecule has 2 rings (SSSR count). The van der Waals surface area contributed by atoms with Crippen LogP contribution in [-0.2, 0) is 23.1 Å². The van der Waals surface area contributed by atoms with Crippen molar-refractivity contribution in [2.75, 3.05) is 4.72 Å². The van der Waals surface area contributed by atoms with Gasteiger partial charge in [0.25, 0.3) is 10.0 Å². The summed E-state index contributed by atoms with van der Waals surface area (Å²) in [5.74, 6) is 0. The van der Waals surface area contributed by atoms with Crippen LogP contribution in [0.25, 0.3) is 0 Å². The fourth-order valence-corrected chi connectivity index (χ4v) is 3.26. The molecule has 0 unspecified atom stereocenters. The fourth-order valence-electron chi connectivity index (χ4n) is 1.87. The number of aryl methyl sites for hydroxylation is 1. The molecule has 0 amide bonds. The summed E-state index contributed by atoms with van der Waals surface area (Å²) in [4.78, 5) is 0.225. The molecule has 0 atom stereocenters. The van der Waals surface area contributed by atoms with Crippen LogP contribution in [0.4, 0.5) is 5.69 Å². The number of rotatable bonds is 5. The summed E-state index contributed by atoms with van der Waals surface area (Å²) in [5, 5.41) is 0. The molecular weight excluding hydrogens is 342 g/mol. The summed E-state index contributed by atoms with van der Waals surface area (Å²) in [6, 6.07) is 8.55. The molecule has 5 nitrogen and oxygen atoms in total. The minimum atomic E-state index is -3.59. The maximum absolute atomic E-state index is 12.3. The van der Waals surface area contributed by atoms with E-state index >= 15 is 0 Å². The Bertz CT molecular complexity index is 671. The molecule has 0 bridgehead atoms. The highest BCUT2D eigenvalue weighted by Gasteiger charge is 2.17. The van der Waals surface area contributed by atoms with E-state index in [0.29, 0.717) is 18.8 Å². The Morgan fingerprint density at radius 2 is 1.95 bits per heavy atom. The lowest BCUT2D eigenvalue weighted by molar-refractivity contribution is 0.600. The van der Waals surface area contributed by atoms with Crippen LogP contribution in [0, 0.1) is 0 Å². The molecule has 7 heteroatoms. The van der Waals surface area contributed by atoms with Crippen molar-refractivity contribution in [1.29, 1.82) is 0 Å². The van der Waals surface area contributed by atoms with Crippen LogP contribution in [0.1, 0.15) is 12.6 Å². The first-order valence-corrected chi connectivity index (χ1v) is 8.41. The van der Waals surface area contributed by atoms with Crippen molar-refractivity contribution in [1.82, 2.24) is 4.57 Å². The molecule has 0 radical (unpaired) electrons. The maximum atomic E-state index is 12.3. The minimum absolute atomic E-state index is 0.225. The summed E-state index contributed by atoms with van der Waals surface area (Å²) in [7, 11) is -3.59. The van der Waals surface area contributed by atoms with Gasteiger partial charge in [0.2, 0.25) is 0 Å². The van der Waals surface area contributed by atoms with Crippen LogP contribution >= 0.6 is 15.9 Å². The van der Waals surface area contributed by atoms with Crippen LogP contribution in [0.2, 0.25) is 0 Å². The Labute approximate surface area is 127 Å². The van der Waals surface area contributed by atoms with E-state index in [2.05, 4.69) is 20.7 Å². The van der Waals surface area contributed by atoms with Crippen molar-refractivity contribution in [2.24, 2.45) is 5.73 Å². The highest BCUT2D eigenvalue weighted by Crippen LogP contribution is 2.20. The third-order valence-corrected chi connectivity index (χ3v) is 4.79. The Morgan fingerprint density at radius 3 is 2.45 bits per heavy atom. The number of anilines is 1. The quantitative estimate of drug-likeness (QED) is 0.862. The molecule has 108 valence electrons. The monoisotopic (exact) mass is 357 g/mol. The van der Waals surface area contributed by atoms with Crippen molar-refractivity contribution >= 4 is 31.6 Å². The highest BCUT2D eigenvalue weighted by molar-refractivity contribution is 9.10. The number of nitrogens with two attached hydrogens (primary N) is 1. The average molecular weight is 358 g/mol. The Morgan fingerprint density at radius 1 is 1.30 bits per heavy atom. The van der Waals surface area contributed by atoms with Gasteiger partial charge in [0, 0.05) is 35.1 Å².